The molecule has 1 atom stereocenters. The van der Waals surface area contributed by atoms with Gasteiger partial charge < -0.3 is 10.1 Å². The molecule has 9 heteroatoms. The Balaban J connectivity index is 1.93. The maximum absolute atomic E-state index is 12.0. The summed E-state index contributed by atoms with van der Waals surface area (Å²) in [6, 6.07) is -0.495. The summed E-state index contributed by atoms with van der Waals surface area (Å²) in [6.07, 6.45) is 2.93. The van der Waals surface area contributed by atoms with Gasteiger partial charge in [0.15, 0.2) is 5.13 Å². The van der Waals surface area contributed by atoms with Crippen molar-refractivity contribution in [3.05, 3.63) is 23.7 Å². The van der Waals surface area contributed by atoms with Crippen molar-refractivity contribution >= 4 is 28.3 Å². The van der Waals surface area contributed by atoms with Crippen LogP contribution in [0.25, 0.3) is 0 Å². The van der Waals surface area contributed by atoms with E-state index in [1.165, 1.54) is 28.7 Å². The predicted molar refractivity (Wildman–Crippen MR) is 75.8 cm³/mol. The van der Waals surface area contributed by atoms with E-state index < -0.39 is 6.04 Å². The first-order valence-electron chi connectivity index (χ1n) is 6.35. The van der Waals surface area contributed by atoms with Crippen LogP contribution in [0.4, 0.5) is 5.13 Å². The lowest BCUT2D eigenvalue weighted by Crippen LogP contribution is -2.24. The number of carbonyl (C=O) groups excluding carboxylic acids is 2. The van der Waals surface area contributed by atoms with Crippen molar-refractivity contribution in [2.75, 3.05) is 11.9 Å². The van der Waals surface area contributed by atoms with Gasteiger partial charge in [-0.3, -0.25) is 9.59 Å². The Morgan fingerprint density at radius 2 is 2.33 bits per heavy atom. The summed E-state index contributed by atoms with van der Waals surface area (Å²) < 4.78 is 6.29. The number of rotatable bonds is 6. The maximum atomic E-state index is 12.0. The highest BCUT2D eigenvalue weighted by Gasteiger charge is 2.17. The summed E-state index contributed by atoms with van der Waals surface area (Å²) in [5, 5.41) is 8.75. The third-order valence-electron chi connectivity index (χ3n) is 2.63. The first kappa shape index (κ1) is 15.1. The Morgan fingerprint density at radius 1 is 1.52 bits per heavy atom. The molecule has 0 aliphatic heterocycles. The second-order valence-corrected chi connectivity index (χ2v) is 5.02. The number of amides is 1. The average molecular weight is 309 g/mol. The fraction of sp³-hybridized carbons (Fsp3) is 0.417. The quantitative estimate of drug-likeness (QED) is 0.800. The minimum atomic E-state index is -0.495. The van der Waals surface area contributed by atoms with Crippen molar-refractivity contribution in [2.45, 2.75) is 26.3 Å². The molecule has 0 fully saturated rings. The summed E-state index contributed by atoms with van der Waals surface area (Å²) in [6.45, 7) is 3.79. The molecular weight excluding hydrogens is 294 g/mol. The van der Waals surface area contributed by atoms with Gasteiger partial charge in [-0.25, -0.2) is 14.6 Å². The second kappa shape index (κ2) is 6.93. The zero-order chi connectivity index (χ0) is 15.2. The van der Waals surface area contributed by atoms with Crippen LogP contribution in [0.15, 0.2) is 18.0 Å². The molecule has 0 saturated heterocycles. The van der Waals surface area contributed by atoms with Gasteiger partial charge in [0.05, 0.1) is 18.7 Å². The number of hydrogen-bond donors (Lipinski definition) is 1. The Kier molecular flexibility index (Phi) is 4.99. The van der Waals surface area contributed by atoms with Crippen LogP contribution in [0, 0.1) is 0 Å². The number of esters is 1. The molecule has 0 aromatic carbocycles. The molecule has 0 radical (unpaired) electrons. The molecular formula is C12H15N5O3S. The molecule has 2 aromatic rings. The van der Waals surface area contributed by atoms with Crippen LogP contribution in [0.5, 0.6) is 0 Å². The zero-order valence-electron chi connectivity index (χ0n) is 11.6. The highest BCUT2D eigenvalue weighted by molar-refractivity contribution is 7.13. The van der Waals surface area contributed by atoms with Gasteiger partial charge in [0.1, 0.15) is 18.7 Å². The summed E-state index contributed by atoms with van der Waals surface area (Å²) in [4.78, 5) is 31.3. The van der Waals surface area contributed by atoms with E-state index in [-0.39, 0.29) is 18.3 Å². The van der Waals surface area contributed by atoms with Crippen molar-refractivity contribution in [3.8, 4) is 0 Å². The van der Waals surface area contributed by atoms with Gasteiger partial charge in [-0.15, -0.1) is 11.3 Å². The molecule has 8 nitrogen and oxygen atoms in total. The van der Waals surface area contributed by atoms with Gasteiger partial charge in [0.2, 0.25) is 0 Å². The SMILES string of the molecule is CCOC(=O)Cc1csc(NC(=O)C(C)n2cncn2)n1. The van der Waals surface area contributed by atoms with Crippen LogP contribution in [-0.4, -0.2) is 38.2 Å². The summed E-state index contributed by atoms with van der Waals surface area (Å²) in [5.74, 6) is -0.589. The Bertz CT molecular complexity index is 610. The van der Waals surface area contributed by atoms with Crippen molar-refractivity contribution < 1.29 is 14.3 Å². The lowest BCUT2D eigenvalue weighted by Gasteiger charge is -2.09. The zero-order valence-corrected chi connectivity index (χ0v) is 12.5. The molecule has 0 aliphatic rings. The normalized spacial score (nSPS) is 11.9. The molecule has 1 amide bonds. The van der Waals surface area contributed by atoms with Crippen molar-refractivity contribution in [1.29, 1.82) is 0 Å². The molecule has 112 valence electrons. The van der Waals surface area contributed by atoms with E-state index in [9.17, 15) is 9.59 Å². The fourth-order valence-electron chi connectivity index (χ4n) is 1.55. The summed E-state index contributed by atoms with van der Waals surface area (Å²) in [5.41, 5.74) is 0.571. The van der Waals surface area contributed by atoms with E-state index in [1.807, 2.05) is 0 Å². The van der Waals surface area contributed by atoms with Crippen LogP contribution in [-0.2, 0) is 20.7 Å². The van der Waals surface area contributed by atoms with Gasteiger partial charge >= 0.3 is 5.97 Å². The number of hydrogen-bond acceptors (Lipinski definition) is 7. The van der Waals surface area contributed by atoms with E-state index >= 15 is 0 Å². The first-order chi connectivity index (χ1) is 10.1. The van der Waals surface area contributed by atoms with E-state index in [0.29, 0.717) is 17.4 Å². The van der Waals surface area contributed by atoms with E-state index in [2.05, 4.69) is 20.4 Å². The standard InChI is InChI=1S/C12H15N5O3S/c1-3-20-10(18)4-9-5-21-12(15-9)16-11(19)8(2)17-7-13-6-14-17/h5-8H,3-4H2,1-2H3,(H,15,16,19). The lowest BCUT2D eigenvalue weighted by atomic mass is 10.3. The van der Waals surface area contributed by atoms with Crippen LogP contribution in [0.1, 0.15) is 25.6 Å². The summed E-state index contributed by atoms with van der Waals surface area (Å²) in [7, 11) is 0. The largest absolute Gasteiger partial charge is 0.466 e. The monoisotopic (exact) mass is 309 g/mol. The molecule has 1 N–H and O–H groups in total. The van der Waals surface area contributed by atoms with Crippen LogP contribution >= 0.6 is 11.3 Å². The number of nitrogens with zero attached hydrogens (tertiary/aromatic N) is 4. The third-order valence-corrected chi connectivity index (χ3v) is 3.43. The minimum absolute atomic E-state index is 0.0961. The molecule has 2 heterocycles. The number of thiazole rings is 1. The molecule has 21 heavy (non-hydrogen) atoms. The molecule has 0 saturated carbocycles. The number of anilines is 1. The average Bonchev–Trinajstić information content (AvgIpc) is 3.10. The number of carbonyl (C=O) groups is 2. The Labute approximate surface area is 125 Å². The smallest absolute Gasteiger partial charge is 0.311 e. The summed E-state index contributed by atoms with van der Waals surface area (Å²) >= 11 is 1.26. The molecule has 2 aromatic heterocycles. The van der Waals surface area contributed by atoms with E-state index in [0.717, 1.165) is 0 Å². The van der Waals surface area contributed by atoms with Gasteiger partial charge in [0.25, 0.3) is 5.91 Å². The topological polar surface area (TPSA) is 99.0 Å². The predicted octanol–water partition coefficient (Wildman–Crippen LogP) is 1.04. The second-order valence-electron chi connectivity index (χ2n) is 4.17. The number of nitrogens with one attached hydrogen (secondary N) is 1. The van der Waals surface area contributed by atoms with Crippen LogP contribution < -0.4 is 5.32 Å². The molecule has 1 unspecified atom stereocenters. The molecule has 0 aliphatic carbocycles. The van der Waals surface area contributed by atoms with Gasteiger partial charge in [-0.2, -0.15) is 5.10 Å². The molecule has 2 rings (SSSR count). The number of ether oxygens (including phenoxy) is 1. The Morgan fingerprint density at radius 3 is 3.00 bits per heavy atom. The van der Waals surface area contributed by atoms with E-state index in [4.69, 9.17) is 4.74 Å². The van der Waals surface area contributed by atoms with E-state index in [1.54, 1.807) is 19.2 Å². The third kappa shape index (κ3) is 4.09. The van der Waals surface area contributed by atoms with Crippen LogP contribution in [0.3, 0.4) is 0 Å². The maximum Gasteiger partial charge on any atom is 0.311 e. The van der Waals surface area contributed by atoms with Gasteiger partial charge in [-0.1, -0.05) is 0 Å². The highest BCUT2D eigenvalue weighted by Crippen LogP contribution is 2.17. The lowest BCUT2D eigenvalue weighted by molar-refractivity contribution is -0.142. The minimum Gasteiger partial charge on any atom is -0.466 e. The highest BCUT2D eigenvalue weighted by atomic mass is 32.1. The Hall–Kier alpha value is -2.29. The molecule has 0 bridgehead atoms. The van der Waals surface area contributed by atoms with Crippen molar-refractivity contribution in [3.63, 3.8) is 0 Å². The number of aromatic nitrogens is 4. The first-order valence-corrected chi connectivity index (χ1v) is 7.23. The van der Waals surface area contributed by atoms with Crippen molar-refractivity contribution in [1.82, 2.24) is 19.7 Å². The fourth-order valence-corrected chi connectivity index (χ4v) is 2.27. The molecule has 0 spiro atoms. The van der Waals surface area contributed by atoms with Gasteiger partial charge in [0, 0.05) is 5.38 Å². The van der Waals surface area contributed by atoms with Crippen LogP contribution in [0.2, 0.25) is 0 Å². The van der Waals surface area contributed by atoms with Crippen molar-refractivity contribution in [2.24, 2.45) is 0 Å². The van der Waals surface area contributed by atoms with Gasteiger partial charge in [-0.05, 0) is 13.8 Å².